The first kappa shape index (κ1) is 22.6. The molecule has 0 saturated carbocycles. The van der Waals surface area contributed by atoms with E-state index < -0.39 is 0 Å². The molecule has 0 aliphatic carbocycles. The zero-order valence-corrected chi connectivity index (χ0v) is 18.8. The number of benzene rings is 1. The Morgan fingerprint density at radius 3 is 2.67 bits per heavy atom. The van der Waals surface area contributed by atoms with E-state index in [1.165, 1.54) is 0 Å². The summed E-state index contributed by atoms with van der Waals surface area (Å²) in [6, 6.07) is 7.93. The summed E-state index contributed by atoms with van der Waals surface area (Å²) in [6.07, 6.45) is 4.35. The molecule has 0 radical (unpaired) electrons. The van der Waals surface area contributed by atoms with Gasteiger partial charge >= 0.3 is 6.03 Å². The highest BCUT2D eigenvalue weighted by atomic mass is 35.5. The number of amides is 2. The number of aliphatic hydroxyl groups excluding tert-OH is 1. The first-order valence-corrected chi connectivity index (χ1v) is 11.0. The number of carbonyl (C=O) groups excluding carboxylic acids is 1. The van der Waals surface area contributed by atoms with Gasteiger partial charge in [-0.2, -0.15) is 5.10 Å². The molecule has 1 aromatic heterocycles. The highest BCUT2D eigenvalue weighted by Crippen LogP contribution is 2.30. The molecule has 3 rings (SSSR count). The molecule has 7 nitrogen and oxygen atoms in total. The number of anilines is 1. The van der Waals surface area contributed by atoms with Gasteiger partial charge in [0.2, 0.25) is 0 Å². The highest BCUT2D eigenvalue weighted by molar-refractivity contribution is 6.32. The van der Waals surface area contributed by atoms with Crippen LogP contribution in [0.2, 0.25) is 5.02 Å². The van der Waals surface area contributed by atoms with Crippen LogP contribution in [0, 0.1) is 0 Å². The maximum absolute atomic E-state index is 12.9. The second-order valence-electron chi connectivity index (χ2n) is 8.17. The first-order valence-electron chi connectivity index (χ1n) is 10.6. The molecule has 1 saturated heterocycles. The number of para-hydroxylation sites is 1. The molecule has 1 aliphatic rings. The summed E-state index contributed by atoms with van der Waals surface area (Å²) in [7, 11) is 2.09. The number of rotatable bonds is 7. The average molecular weight is 434 g/mol. The van der Waals surface area contributed by atoms with Crippen molar-refractivity contribution in [3.8, 4) is 5.69 Å². The number of carbonyl (C=O) groups is 1. The lowest BCUT2D eigenvalue weighted by Gasteiger charge is -2.36. The fourth-order valence-corrected chi connectivity index (χ4v) is 4.25. The number of halogens is 1. The third-order valence-electron chi connectivity index (χ3n) is 5.72. The Hall–Kier alpha value is -2.09. The van der Waals surface area contributed by atoms with E-state index in [9.17, 15) is 4.79 Å². The van der Waals surface area contributed by atoms with E-state index in [4.69, 9.17) is 16.7 Å². The third-order valence-corrected chi connectivity index (χ3v) is 6.04. The standard InChI is InChI=1S/C22H32ClN5O2/c1-16(2)21-19(15-24-28(21)20-8-5-4-7-18(20)23)25-22(30)27-12-9-17(10-13-27)26(3)11-6-14-29/h4-5,7-8,15-17,29H,6,9-14H2,1-3H3,(H,25,30). The molecule has 2 N–H and O–H groups in total. The topological polar surface area (TPSA) is 73.6 Å². The molecule has 164 valence electrons. The van der Waals surface area contributed by atoms with E-state index in [2.05, 4.69) is 36.2 Å². The number of piperidine rings is 1. The van der Waals surface area contributed by atoms with Gasteiger partial charge in [-0.3, -0.25) is 0 Å². The molecule has 0 atom stereocenters. The zero-order valence-electron chi connectivity index (χ0n) is 18.0. The van der Waals surface area contributed by atoms with Crippen LogP contribution in [0.1, 0.15) is 44.7 Å². The number of likely N-dealkylation sites (tertiary alicyclic amines) is 1. The lowest BCUT2D eigenvalue weighted by molar-refractivity contribution is 0.134. The number of aromatic nitrogens is 2. The number of nitrogens with zero attached hydrogens (tertiary/aromatic N) is 4. The Morgan fingerprint density at radius 2 is 2.03 bits per heavy atom. The number of hydrogen-bond donors (Lipinski definition) is 2. The van der Waals surface area contributed by atoms with Crippen LogP contribution in [0.5, 0.6) is 0 Å². The van der Waals surface area contributed by atoms with Crippen molar-refractivity contribution in [1.82, 2.24) is 19.6 Å². The van der Waals surface area contributed by atoms with Gasteiger partial charge in [-0.1, -0.05) is 37.6 Å². The van der Waals surface area contributed by atoms with Crippen LogP contribution in [0.3, 0.4) is 0 Å². The largest absolute Gasteiger partial charge is 0.396 e. The maximum Gasteiger partial charge on any atom is 0.321 e. The van der Waals surface area contributed by atoms with Crippen LogP contribution in [0.15, 0.2) is 30.5 Å². The van der Waals surface area contributed by atoms with Gasteiger partial charge in [0, 0.05) is 32.3 Å². The zero-order chi connectivity index (χ0) is 21.7. The van der Waals surface area contributed by atoms with Crippen LogP contribution in [0.25, 0.3) is 5.69 Å². The van der Waals surface area contributed by atoms with E-state index in [0.717, 1.165) is 56.0 Å². The van der Waals surface area contributed by atoms with Crippen LogP contribution in [-0.4, -0.2) is 70.0 Å². The van der Waals surface area contributed by atoms with E-state index in [-0.39, 0.29) is 18.6 Å². The van der Waals surface area contributed by atoms with Crippen molar-refractivity contribution in [3.05, 3.63) is 41.2 Å². The summed E-state index contributed by atoms with van der Waals surface area (Å²) in [5.74, 6) is 0.157. The van der Waals surface area contributed by atoms with Crippen LogP contribution in [-0.2, 0) is 0 Å². The summed E-state index contributed by atoms with van der Waals surface area (Å²) in [6.45, 7) is 6.69. The molecule has 2 heterocycles. The summed E-state index contributed by atoms with van der Waals surface area (Å²) in [4.78, 5) is 17.1. The minimum atomic E-state index is -0.0907. The average Bonchev–Trinajstić information content (AvgIpc) is 3.16. The smallest absolute Gasteiger partial charge is 0.321 e. The Labute approximate surface area is 183 Å². The second kappa shape index (κ2) is 10.3. The van der Waals surface area contributed by atoms with Crippen LogP contribution in [0.4, 0.5) is 10.5 Å². The molecule has 0 spiro atoms. The van der Waals surface area contributed by atoms with E-state index in [1.807, 2.05) is 33.8 Å². The summed E-state index contributed by atoms with van der Waals surface area (Å²) in [5.41, 5.74) is 2.45. The maximum atomic E-state index is 12.9. The van der Waals surface area contributed by atoms with Crippen molar-refractivity contribution < 1.29 is 9.90 Å². The summed E-state index contributed by atoms with van der Waals surface area (Å²) >= 11 is 6.37. The first-order chi connectivity index (χ1) is 14.4. The second-order valence-corrected chi connectivity index (χ2v) is 8.57. The molecular weight excluding hydrogens is 402 g/mol. The van der Waals surface area contributed by atoms with Crippen molar-refractivity contribution in [3.63, 3.8) is 0 Å². The van der Waals surface area contributed by atoms with Gasteiger partial charge in [0.15, 0.2) is 0 Å². The predicted molar refractivity (Wildman–Crippen MR) is 121 cm³/mol. The molecule has 1 aromatic carbocycles. The molecular formula is C22H32ClN5O2. The summed E-state index contributed by atoms with van der Waals surface area (Å²) < 4.78 is 1.81. The van der Waals surface area contributed by atoms with Crippen molar-refractivity contribution >= 4 is 23.3 Å². The van der Waals surface area contributed by atoms with Crippen LogP contribution < -0.4 is 5.32 Å². The Morgan fingerprint density at radius 1 is 1.33 bits per heavy atom. The van der Waals surface area contributed by atoms with Gasteiger partial charge in [-0.05, 0) is 44.4 Å². The van der Waals surface area contributed by atoms with Gasteiger partial charge in [0.05, 0.1) is 28.3 Å². The van der Waals surface area contributed by atoms with E-state index >= 15 is 0 Å². The molecule has 30 heavy (non-hydrogen) atoms. The Balaban J connectivity index is 1.67. The normalized spacial score (nSPS) is 15.2. The summed E-state index contributed by atoms with van der Waals surface area (Å²) in [5, 5.41) is 17.2. The molecule has 2 amide bonds. The number of urea groups is 1. The van der Waals surface area contributed by atoms with Gasteiger partial charge in [0.1, 0.15) is 0 Å². The van der Waals surface area contributed by atoms with Gasteiger partial charge in [-0.15, -0.1) is 0 Å². The third kappa shape index (κ3) is 5.14. The molecule has 2 aromatic rings. The number of aliphatic hydroxyl groups is 1. The van der Waals surface area contributed by atoms with Crippen molar-refractivity contribution in [2.24, 2.45) is 0 Å². The number of hydrogen-bond acceptors (Lipinski definition) is 4. The Bertz CT molecular complexity index is 846. The SMILES string of the molecule is CC(C)c1c(NC(=O)N2CCC(N(C)CCCO)CC2)cnn1-c1ccccc1Cl. The van der Waals surface area contributed by atoms with Crippen LogP contribution >= 0.6 is 11.6 Å². The molecule has 0 unspecified atom stereocenters. The Kier molecular flexibility index (Phi) is 7.75. The predicted octanol–water partition coefficient (Wildman–Crippen LogP) is 3.96. The fraction of sp³-hybridized carbons (Fsp3) is 0.545. The lowest BCUT2D eigenvalue weighted by Crippen LogP contribution is -2.47. The fourth-order valence-electron chi connectivity index (χ4n) is 4.03. The van der Waals surface area contributed by atoms with Gasteiger partial charge in [-0.25, -0.2) is 9.48 Å². The van der Waals surface area contributed by atoms with Crippen molar-refractivity contribution in [2.75, 3.05) is 38.6 Å². The quantitative estimate of drug-likeness (QED) is 0.693. The number of nitrogens with one attached hydrogen (secondary N) is 1. The molecule has 1 aliphatic heterocycles. The van der Waals surface area contributed by atoms with Gasteiger partial charge < -0.3 is 20.2 Å². The van der Waals surface area contributed by atoms with Crippen molar-refractivity contribution in [1.29, 1.82) is 0 Å². The van der Waals surface area contributed by atoms with Gasteiger partial charge in [0.25, 0.3) is 0 Å². The highest BCUT2D eigenvalue weighted by Gasteiger charge is 2.26. The monoisotopic (exact) mass is 433 g/mol. The van der Waals surface area contributed by atoms with E-state index in [1.54, 1.807) is 6.20 Å². The van der Waals surface area contributed by atoms with E-state index in [0.29, 0.717) is 11.1 Å². The molecule has 0 bridgehead atoms. The van der Waals surface area contributed by atoms with Crippen molar-refractivity contribution in [2.45, 2.75) is 45.1 Å². The lowest BCUT2D eigenvalue weighted by atomic mass is 10.0. The molecule has 8 heteroatoms. The minimum Gasteiger partial charge on any atom is -0.396 e. The minimum absolute atomic E-state index is 0.0907. The molecule has 1 fully saturated rings.